The van der Waals surface area contributed by atoms with Crippen LogP contribution >= 0.6 is 11.3 Å². The van der Waals surface area contributed by atoms with Crippen LogP contribution in [-0.4, -0.2) is 18.3 Å². The standard InChI is InChI=1S/C13H17BO4S/c1-12(2)13(3,4)18-14(17-12)10-6-5-9(19-10)11-15-7-8-16-11/h5-8,11H,1-4H3. The first kappa shape index (κ1) is 13.0. The van der Waals surface area contributed by atoms with Gasteiger partial charge < -0.3 is 18.8 Å². The summed E-state index contributed by atoms with van der Waals surface area (Å²) in [5.41, 5.74) is -0.631. The van der Waals surface area contributed by atoms with E-state index in [-0.39, 0.29) is 24.6 Å². The highest BCUT2D eigenvalue weighted by atomic mass is 32.1. The van der Waals surface area contributed by atoms with E-state index in [9.17, 15) is 0 Å². The van der Waals surface area contributed by atoms with E-state index in [1.807, 2.05) is 12.1 Å². The van der Waals surface area contributed by atoms with E-state index in [1.165, 1.54) is 0 Å². The minimum Gasteiger partial charge on any atom is -0.454 e. The highest BCUT2D eigenvalue weighted by Gasteiger charge is 2.52. The Balaban J connectivity index is 1.77. The molecule has 0 spiro atoms. The predicted molar refractivity (Wildman–Crippen MR) is 74.1 cm³/mol. The number of thiophene rings is 1. The molecule has 0 unspecified atom stereocenters. The van der Waals surface area contributed by atoms with Crippen molar-refractivity contribution in [3.05, 3.63) is 29.5 Å². The van der Waals surface area contributed by atoms with Crippen LogP contribution < -0.4 is 4.78 Å². The molecule has 1 aromatic rings. The van der Waals surface area contributed by atoms with E-state index < -0.39 is 0 Å². The number of hydrogen-bond donors (Lipinski definition) is 0. The van der Waals surface area contributed by atoms with Crippen molar-refractivity contribution in [3.8, 4) is 0 Å². The molecule has 2 aliphatic rings. The second-order valence-electron chi connectivity index (χ2n) is 5.70. The average molecular weight is 280 g/mol. The minimum atomic E-state index is -0.332. The Morgan fingerprint density at radius 3 is 2.16 bits per heavy atom. The first-order valence-corrected chi connectivity index (χ1v) is 7.12. The maximum absolute atomic E-state index is 6.02. The highest BCUT2D eigenvalue weighted by molar-refractivity contribution is 7.22. The molecule has 0 bridgehead atoms. The topological polar surface area (TPSA) is 36.9 Å². The molecule has 1 fully saturated rings. The van der Waals surface area contributed by atoms with Gasteiger partial charge in [0.05, 0.1) is 16.1 Å². The summed E-state index contributed by atoms with van der Waals surface area (Å²) in [6, 6.07) is 4.00. The van der Waals surface area contributed by atoms with Crippen LogP contribution in [0.25, 0.3) is 0 Å². The lowest BCUT2D eigenvalue weighted by molar-refractivity contribution is -0.0216. The van der Waals surface area contributed by atoms with Crippen LogP contribution in [0.4, 0.5) is 0 Å². The summed E-state index contributed by atoms with van der Waals surface area (Å²) in [5.74, 6) is 0. The average Bonchev–Trinajstić information content (AvgIpc) is 3.00. The van der Waals surface area contributed by atoms with E-state index in [1.54, 1.807) is 23.9 Å². The van der Waals surface area contributed by atoms with Gasteiger partial charge in [-0.15, -0.1) is 11.3 Å². The molecule has 102 valence electrons. The van der Waals surface area contributed by atoms with Crippen molar-refractivity contribution in [1.29, 1.82) is 0 Å². The molecular formula is C13H17BO4S. The van der Waals surface area contributed by atoms with E-state index in [4.69, 9.17) is 18.8 Å². The van der Waals surface area contributed by atoms with Gasteiger partial charge in [0.1, 0.15) is 12.5 Å². The first-order chi connectivity index (χ1) is 8.89. The zero-order chi connectivity index (χ0) is 13.7. The lowest BCUT2D eigenvalue weighted by Crippen LogP contribution is -2.41. The van der Waals surface area contributed by atoms with Crippen LogP contribution in [0.1, 0.15) is 38.9 Å². The Labute approximate surface area is 117 Å². The maximum atomic E-state index is 6.02. The van der Waals surface area contributed by atoms with Crippen LogP contribution in [0.5, 0.6) is 0 Å². The zero-order valence-electron chi connectivity index (χ0n) is 11.5. The molecule has 1 saturated heterocycles. The van der Waals surface area contributed by atoms with Crippen molar-refractivity contribution in [2.24, 2.45) is 0 Å². The van der Waals surface area contributed by atoms with Gasteiger partial charge in [0.15, 0.2) is 0 Å². The van der Waals surface area contributed by atoms with Crippen molar-refractivity contribution in [1.82, 2.24) is 0 Å². The second-order valence-corrected chi connectivity index (χ2v) is 6.85. The predicted octanol–water partition coefficient (Wildman–Crippen LogP) is 2.56. The van der Waals surface area contributed by atoms with Crippen molar-refractivity contribution in [3.63, 3.8) is 0 Å². The van der Waals surface area contributed by atoms with Gasteiger partial charge in [0, 0.05) is 4.78 Å². The normalized spacial score (nSPS) is 24.5. The van der Waals surface area contributed by atoms with Crippen molar-refractivity contribution in [2.45, 2.75) is 45.2 Å². The van der Waals surface area contributed by atoms with Crippen molar-refractivity contribution < 1.29 is 18.8 Å². The molecular weight excluding hydrogens is 263 g/mol. The van der Waals surface area contributed by atoms with Gasteiger partial charge in [0.2, 0.25) is 0 Å². The van der Waals surface area contributed by atoms with Gasteiger partial charge >= 0.3 is 7.12 Å². The van der Waals surface area contributed by atoms with Gasteiger partial charge in [-0.1, -0.05) is 6.07 Å². The Morgan fingerprint density at radius 2 is 1.58 bits per heavy atom. The first-order valence-electron chi connectivity index (χ1n) is 6.30. The van der Waals surface area contributed by atoms with Crippen LogP contribution in [0.3, 0.4) is 0 Å². The van der Waals surface area contributed by atoms with Crippen LogP contribution in [-0.2, 0) is 18.8 Å². The summed E-state index contributed by atoms with van der Waals surface area (Å²) in [7, 11) is -0.321. The van der Waals surface area contributed by atoms with Gasteiger partial charge in [-0.25, -0.2) is 0 Å². The Morgan fingerprint density at radius 1 is 1.00 bits per heavy atom. The molecule has 0 amide bonds. The molecule has 0 atom stereocenters. The summed E-state index contributed by atoms with van der Waals surface area (Å²) < 4.78 is 23.7. The minimum absolute atomic E-state index is 0.316. The monoisotopic (exact) mass is 280 g/mol. The summed E-state index contributed by atoms with van der Waals surface area (Å²) in [6.07, 6.45) is 2.78. The van der Waals surface area contributed by atoms with E-state index in [0.717, 1.165) is 9.65 Å². The molecule has 3 rings (SSSR count). The van der Waals surface area contributed by atoms with Gasteiger partial charge in [-0.05, 0) is 33.8 Å². The number of rotatable bonds is 2. The van der Waals surface area contributed by atoms with Gasteiger partial charge in [-0.3, -0.25) is 0 Å². The number of ether oxygens (including phenoxy) is 2. The number of hydrogen-bond acceptors (Lipinski definition) is 5. The van der Waals surface area contributed by atoms with Crippen LogP contribution in [0.15, 0.2) is 24.7 Å². The summed E-state index contributed by atoms with van der Waals surface area (Å²) in [4.78, 5) is 1.01. The lowest BCUT2D eigenvalue weighted by Gasteiger charge is -2.32. The summed E-state index contributed by atoms with van der Waals surface area (Å²) >= 11 is 1.59. The fraction of sp³-hybridized carbons (Fsp3) is 0.538. The van der Waals surface area contributed by atoms with Gasteiger partial charge in [0.25, 0.3) is 6.29 Å². The van der Waals surface area contributed by atoms with Crippen molar-refractivity contribution >= 4 is 23.2 Å². The molecule has 6 heteroatoms. The summed E-state index contributed by atoms with van der Waals surface area (Å²) in [5, 5.41) is 0. The van der Waals surface area contributed by atoms with E-state index in [2.05, 4.69) is 27.7 Å². The summed E-state index contributed by atoms with van der Waals surface area (Å²) in [6.45, 7) is 8.20. The molecule has 0 N–H and O–H groups in total. The largest absolute Gasteiger partial charge is 0.505 e. The van der Waals surface area contributed by atoms with E-state index in [0.29, 0.717) is 0 Å². The molecule has 2 aliphatic heterocycles. The molecule has 0 aromatic carbocycles. The Kier molecular flexibility index (Phi) is 2.92. The molecule has 0 aliphatic carbocycles. The molecule has 19 heavy (non-hydrogen) atoms. The SMILES string of the molecule is CC1(C)OB(c2ccc(C3OC=CO3)s2)OC1(C)C. The maximum Gasteiger partial charge on any atom is 0.505 e. The quantitative estimate of drug-likeness (QED) is 0.780. The molecule has 4 nitrogen and oxygen atoms in total. The van der Waals surface area contributed by atoms with Crippen LogP contribution in [0.2, 0.25) is 0 Å². The molecule has 0 saturated carbocycles. The smallest absolute Gasteiger partial charge is 0.454 e. The fourth-order valence-corrected chi connectivity index (χ4v) is 2.90. The van der Waals surface area contributed by atoms with E-state index >= 15 is 0 Å². The molecule has 0 radical (unpaired) electrons. The van der Waals surface area contributed by atoms with Gasteiger partial charge in [-0.2, -0.15) is 0 Å². The third kappa shape index (κ3) is 2.18. The molecule has 3 heterocycles. The lowest BCUT2D eigenvalue weighted by atomic mass is 9.88. The Bertz CT molecular complexity index is 484. The highest BCUT2D eigenvalue weighted by Crippen LogP contribution is 2.37. The van der Waals surface area contributed by atoms with Crippen LogP contribution in [0, 0.1) is 0 Å². The second kappa shape index (κ2) is 4.26. The molecule has 1 aromatic heterocycles. The third-order valence-corrected chi connectivity index (χ3v) is 4.95. The third-order valence-electron chi connectivity index (χ3n) is 3.83. The van der Waals surface area contributed by atoms with Crippen molar-refractivity contribution in [2.75, 3.05) is 0 Å². The fourth-order valence-electron chi connectivity index (χ4n) is 1.95. The Hall–Kier alpha value is -0.975. The zero-order valence-corrected chi connectivity index (χ0v) is 12.3.